The first-order valence-electron chi connectivity index (χ1n) is 7.79. The number of halogens is 1. The van der Waals surface area contributed by atoms with E-state index in [2.05, 4.69) is 9.97 Å². The summed E-state index contributed by atoms with van der Waals surface area (Å²) < 4.78 is 11.4. The molecule has 2 aromatic rings. The first-order chi connectivity index (χ1) is 11.6. The van der Waals surface area contributed by atoms with Gasteiger partial charge in [-0.2, -0.15) is 0 Å². The van der Waals surface area contributed by atoms with E-state index in [0.29, 0.717) is 40.7 Å². The van der Waals surface area contributed by atoms with Gasteiger partial charge >= 0.3 is 6.09 Å². The minimum absolute atomic E-state index is 0.170. The normalized spacial score (nSPS) is 17.2. The molecule has 1 fully saturated rings. The molecule has 7 nitrogen and oxygen atoms in total. The molecule has 2 heterocycles. The lowest BCUT2D eigenvalue weighted by molar-refractivity contribution is 0.123. The molecule has 24 heavy (non-hydrogen) atoms. The Labute approximate surface area is 144 Å². The van der Waals surface area contributed by atoms with Crippen molar-refractivity contribution >= 4 is 28.6 Å². The van der Waals surface area contributed by atoms with Gasteiger partial charge in [-0.05, 0) is 19.8 Å². The number of nitrogens with zero attached hydrogens (tertiary/aromatic N) is 3. The third-order valence-corrected chi connectivity index (χ3v) is 4.28. The summed E-state index contributed by atoms with van der Waals surface area (Å²) in [5.74, 6) is 1.12. The SMILES string of the molecule is CCOc1cc(OC[C@H]2CCCN2C(=O)O)c2c(Cl)ncnc2c1. The Kier molecular flexibility index (Phi) is 4.89. The summed E-state index contributed by atoms with van der Waals surface area (Å²) in [5.41, 5.74) is 0.623. The van der Waals surface area contributed by atoms with Gasteiger partial charge in [0, 0.05) is 18.7 Å². The van der Waals surface area contributed by atoms with Gasteiger partial charge in [0.2, 0.25) is 0 Å². The van der Waals surface area contributed by atoms with Crippen molar-refractivity contribution in [3.05, 3.63) is 23.6 Å². The minimum atomic E-state index is -0.921. The van der Waals surface area contributed by atoms with Crippen LogP contribution in [0.4, 0.5) is 4.79 Å². The predicted molar refractivity (Wildman–Crippen MR) is 89.0 cm³/mol. The quantitative estimate of drug-likeness (QED) is 0.833. The highest BCUT2D eigenvalue weighted by Crippen LogP contribution is 2.34. The third kappa shape index (κ3) is 3.31. The summed E-state index contributed by atoms with van der Waals surface area (Å²) in [4.78, 5) is 20.9. The van der Waals surface area contributed by atoms with E-state index in [0.717, 1.165) is 12.8 Å². The Morgan fingerprint density at radius 1 is 1.42 bits per heavy atom. The Bertz CT molecular complexity index is 755. The van der Waals surface area contributed by atoms with E-state index in [1.54, 1.807) is 12.1 Å². The van der Waals surface area contributed by atoms with Crippen molar-refractivity contribution in [2.45, 2.75) is 25.8 Å². The number of hydrogen-bond acceptors (Lipinski definition) is 5. The molecule has 3 rings (SSSR count). The van der Waals surface area contributed by atoms with Gasteiger partial charge in [-0.15, -0.1) is 0 Å². The van der Waals surface area contributed by atoms with Crippen LogP contribution in [0.5, 0.6) is 11.5 Å². The molecule has 0 unspecified atom stereocenters. The van der Waals surface area contributed by atoms with Crippen LogP contribution in [0.2, 0.25) is 5.15 Å². The number of hydrogen-bond donors (Lipinski definition) is 1. The standard InChI is InChI=1S/C16H18ClN3O4/c1-2-23-11-6-12-14(15(17)19-9-18-12)13(7-11)24-8-10-4-3-5-20(10)16(21)22/h6-7,9-10H,2-5,8H2,1H3,(H,21,22)/t10-/m1/s1. The Morgan fingerprint density at radius 3 is 3.00 bits per heavy atom. The molecule has 8 heteroatoms. The molecule has 1 amide bonds. The van der Waals surface area contributed by atoms with Gasteiger partial charge in [0.05, 0.1) is 23.6 Å². The highest BCUT2D eigenvalue weighted by atomic mass is 35.5. The van der Waals surface area contributed by atoms with Crippen molar-refractivity contribution in [2.75, 3.05) is 19.8 Å². The number of amides is 1. The fourth-order valence-corrected chi connectivity index (χ4v) is 3.14. The number of carboxylic acid groups (broad SMARTS) is 1. The van der Waals surface area contributed by atoms with E-state index in [1.807, 2.05) is 6.92 Å². The smallest absolute Gasteiger partial charge is 0.407 e. The summed E-state index contributed by atoms with van der Waals surface area (Å²) in [7, 11) is 0. The average molecular weight is 352 g/mol. The summed E-state index contributed by atoms with van der Waals surface area (Å²) in [5, 5.41) is 10.1. The fraction of sp³-hybridized carbons (Fsp3) is 0.438. The molecule has 1 saturated heterocycles. The highest BCUT2D eigenvalue weighted by Gasteiger charge is 2.29. The summed E-state index contributed by atoms with van der Waals surface area (Å²) >= 11 is 6.19. The molecule has 1 aromatic heterocycles. The van der Waals surface area contributed by atoms with Crippen molar-refractivity contribution in [3.8, 4) is 11.5 Å². The zero-order valence-electron chi connectivity index (χ0n) is 13.2. The molecule has 1 aliphatic heterocycles. The van der Waals surface area contributed by atoms with Crippen LogP contribution in [-0.2, 0) is 0 Å². The lowest BCUT2D eigenvalue weighted by Crippen LogP contribution is -2.38. The Hall–Kier alpha value is -2.28. The van der Waals surface area contributed by atoms with Gasteiger partial charge < -0.3 is 19.5 Å². The number of benzene rings is 1. The zero-order valence-corrected chi connectivity index (χ0v) is 14.0. The van der Waals surface area contributed by atoms with Crippen molar-refractivity contribution in [1.82, 2.24) is 14.9 Å². The number of carbonyl (C=O) groups is 1. The lowest BCUT2D eigenvalue weighted by atomic mass is 10.2. The van der Waals surface area contributed by atoms with Gasteiger partial charge in [0.25, 0.3) is 0 Å². The lowest BCUT2D eigenvalue weighted by Gasteiger charge is -2.22. The second-order valence-electron chi connectivity index (χ2n) is 5.50. The molecular weight excluding hydrogens is 334 g/mol. The molecule has 0 radical (unpaired) electrons. The van der Waals surface area contributed by atoms with Crippen LogP contribution < -0.4 is 9.47 Å². The molecule has 1 aliphatic rings. The first kappa shape index (κ1) is 16.6. The Balaban J connectivity index is 1.88. The first-order valence-corrected chi connectivity index (χ1v) is 8.17. The van der Waals surface area contributed by atoms with Crippen LogP contribution in [-0.4, -0.2) is 51.9 Å². The number of aromatic nitrogens is 2. The van der Waals surface area contributed by atoms with Gasteiger partial charge in [-0.3, -0.25) is 0 Å². The van der Waals surface area contributed by atoms with E-state index >= 15 is 0 Å². The predicted octanol–water partition coefficient (Wildman–Crippen LogP) is 3.20. The number of fused-ring (bicyclic) bond motifs is 1. The molecule has 1 atom stereocenters. The van der Waals surface area contributed by atoms with E-state index in [4.69, 9.17) is 21.1 Å². The van der Waals surface area contributed by atoms with Crippen molar-refractivity contribution in [2.24, 2.45) is 0 Å². The fourth-order valence-electron chi connectivity index (χ4n) is 2.90. The monoisotopic (exact) mass is 351 g/mol. The number of likely N-dealkylation sites (tertiary alicyclic amines) is 1. The second kappa shape index (κ2) is 7.09. The third-order valence-electron chi connectivity index (χ3n) is 3.99. The highest BCUT2D eigenvalue weighted by molar-refractivity contribution is 6.34. The van der Waals surface area contributed by atoms with Crippen LogP contribution in [0.15, 0.2) is 18.5 Å². The van der Waals surface area contributed by atoms with Crippen molar-refractivity contribution < 1.29 is 19.4 Å². The van der Waals surface area contributed by atoms with Gasteiger partial charge in [-0.1, -0.05) is 11.6 Å². The van der Waals surface area contributed by atoms with Crippen LogP contribution in [0.3, 0.4) is 0 Å². The van der Waals surface area contributed by atoms with E-state index < -0.39 is 6.09 Å². The molecule has 0 saturated carbocycles. The van der Waals surface area contributed by atoms with Crippen molar-refractivity contribution in [1.29, 1.82) is 0 Å². The maximum absolute atomic E-state index is 11.2. The molecule has 0 spiro atoms. The van der Waals surface area contributed by atoms with Gasteiger partial charge in [0.15, 0.2) is 0 Å². The molecule has 128 valence electrons. The number of ether oxygens (including phenoxy) is 2. The summed E-state index contributed by atoms with van der Waals surface area (Å²) in [6, 6.07) is 3.34. The average Bonchev–Trinajstić information content (AvgIpc) is 3.01. The number of rotatable bonds is 5. The molecule has 0 bridgehead atoms. The van der Waals surface area contributed by atoms with Crippen molar-refractivity contribution in [3.63, 3.8) is 0 Å². The topological polar surface area (TPSA) is 84.8 Å². The van der Waals surface area contributed by atoms with Crippen LogP contribution >= 0.6 is 11.6 Å². The Morgan fingerprint density at radius 2 is 2.25 bits per heavy atom. The largest absolute Gasteiger partial charge is 0.494 e. The molecular formula is C16H18ClN3O4. The van der Waals surface area contributed by atoms with Crippen LogP contribution in [0, 0.1) is 0 Å². The maximum atomic E-state index is 11.2. The minimum Gasteiger partial charge on any atom is -0.494 e. The van der Waals surface area contributed by atoms with Crippen LogP contribution in [0.25, 0.3) is 10.9 Å². The zero-order chi connectivity index (χ0) is 17.1. The molecule has 0 aliphatic carbocycles. The molecule has 1 aromatic carbocycles. The van der Waals surface area contributed by atoms with Gasteiger partial charge in [-0.25, -0.2) is 14.8 Å². The second-order valence-corrected chi connectivity index (χ2v) is 5.85. The van der Waals surface area contributed by atoms with Gasteiger partial charge in [0.1, 0.15) is 29.6 Å². The molecule has 1 N–H and O–H groups in total. The van der Waals surface area contributed by atoms with E-state index in [9.17, 15) is 9.90 Å². The summed E-state index contributed by atoms with van der Waals surface area (Å²) in [6.07, 6.45) is 2.08. The van der Waals surface area contributed by atoms with E-state index in [-0.39, 0.29) is 12.6 Å². The van der Waals surface area contributed by atoms with E-state index in [1.165, 1.54) is 11.2 Å². The maximum Gasteiger partial charge on any atom is 0.407 e. The van der Waals surface area contributed by atoms with Crippen LogP contribution in [0.1, 0.15) is 19.8 Å². The summed E-state index contributed by atoms with van der Waals surface area (Å²) in [6.45, 7) is 3.19.